The second kappa shape index (κ2) is 5.41. The quantitative estimate of drug-likeness (QED) is 0.912. The molecule has 118 valence electrons. The van der Waals surface area contributed by atoms with E-state index in [-0.39, 0.29) is 0 Å². The van der Waals surface area contributed by atoms with Crippen LogP contribution in [0.5, 0.6) is 5.75 Å². The fourth-order valence-corrected chi connectivity index (χ4v) is 2.54. The molecule has 8 heteroatoms. The Bertz CT molecular complexity index is 768. The van der Waals surface area contributed by atoms with Crippen molar-refractivity contribution < 1.29 is 14.0 Å². The zero-order valence-electron chi connectivity index (χ0n) is 12.4. The van der Waals surface area contributed by atoms with Gasteiger partial charge in [0.15, 0.2) is 0 Å². The number of hydroxylamine groups is 1. The van der Waals surface area contributed by atoms with Crippen LogP contribution >= 0.6 is 0 Å². The molecule has 2 aromatic rings. The molecule has 2 N–H and O–H groups in total. The van der Waals surface area contributed by atoms with E-state index in [9.17, 15) is 0 Å². The van der Waals surface area contributed by atoms with E-state index in [1.807, 2.05) is 35.2 Å². The summed E-state index contributed by atoms with van der Waals surface area (Å²) >= 11 is 0. The third kappa shape index (κ3) is 2.24. The van der Waals surface area contributed by atoms with Crippen LogP contribution in [-0.2, 0) is 4.84 Å². The van der Waals surface area contributed by atoms with Crippen LogP contribution < -0.4 is 15.4 Å². The van der Waals surface area contributed by atoms with Crippen molar-refractivity contribution >= 4 is 23.7 Å². The van der Waals surface area contributed by atoms with Crippen LogP contribution in [0.1, 0.15) is 11.7 Å². The standard InChI is InChI=1S/C15H15N5O3/c1-21-11-4-2-10(3-5-11)19-13(16)12-6-8-22-14(12)18-15(19)20-17-7-9-23-20/h2-8,13H,9,16H2,1H3. The van der Waals surface area contributed by atoms with Gasteiger partial charge in [0.1, 0.15) is 18.5 Å². The lowest BCUT2D eigenvalue weighted by Crippen LogP contribution is -2.47. The van der Waals surface area contributed by atoms with E-state index in [1.165, 1.54) is 5.17 Å². The van der Waals surface area contributed by atoms with Gasteiger partial charge < -0.3 is 14.9 Å². The summed E-state index contributed by atoms with van der Waals surface area (Å²) in [5.74, 6) is 1.67. The third-order valence-electron chi connectivity index (χ3n) is 3.67. The summed E-state index contributed by atoms with van der Waals surface area (Å²) in [6.07, 6.45) is 2.75. The number of nitrogens with zero attached hydrogens (tertiary/aromatic N) is 4. The number of benzene rings is 1. The van der Waals surface area contributed by atoms with Gasteiger partial charge in [-0.25, -0.2) is 4.84 Å². The van der Waals surface area contributed by atoms with Gasteiger partial charge >= 0.3 is 0 Å². The number of nitrogens with two attached hydrogens (primary N) is 1. The lowest BCUT2D eigenvalue weighted by atomic mass is 10.1. The molecule has 3 heterocycles. The first-order chi connectivity index (χ1) is 11.3. The number of guanidine groups is 1. The molecule has 2 aliphatic rings. The van der Waals surface area contributed by atoms with Crippen LogP contribution in [0.25, 0.3) is 0 Å². The van der Waals surface area contributed by atoms with Crippen molar-refractivity contribution in [3.05, 3.63) is 42.2 Å². The van der Waals surface area contributed by atoms with E-state index >= 15 is 0 Å². The van der Waals surface area contributed by atoms with Crippen LogP contribution in [0.3, 0.4) is 0 Å². The van der Waals surface area contributed by atoms with Crippen LogP contribution in [0.2, 0.25) is 0 Å². The maximum atomic E-state index is 6.42. The van der Waals surface area contributed by atoms with Crippen molar-refractivity contribution in [2.45, 2.75) is 6.17 Å². The molecular weight excluding hydrogens is 298 g/mol. The SMILES string of the molecule is COc1ccc(N2C(N3N=CCO3)=Nc3occc3C2N)cc1. The smallest absolute Gasteiger partial charge is 0.258 e. The monoisotopic (exact) mass is 313 g/mol. The summed E-state index contributed by atoms with van der Waals surface area (Å²) in [4.78, 5) is 11.8. The van der Waals surface area contributed by atoms with Gasteiger partial charge in [0.2, 0.25) is 5.88 Å². The van der Waals surface area contributed by atoms with Crippen LogP contribution in [-0.4, -0.2) is 31.1 Å². The maximum Gasteiger partial charge on any atom is 0.258 e. The highest BCUT2D eigenvalue weighted by Gasteiger charge is 2.35. The molecule has 2 aliphatic heterocycles. The predicted octanol–water partition coefficient (Wildman–Crippen LogP) is 1.99. The lowest BCUT2D eigenvalue weighted by Gasteiger charge is -2.35. The molecular formula is C15H15N5O3. The van der Waals surface area contributed by atoms with Crippen molar-refractivity contribution in [3.8, 4) is 5.75 Å². The summed E-state index contributed by atoms with van der Waals surface area (Å²) in [5, 5.41) is 5.50. The Morgan fingerprint density at radius 2 is 2.09 bits per heavy atom. The van der Waals surface area contributed by atoms with Crippen molar-refractivity contribution in [3.63, 3.8) is 0 Å². The topological polar surface area (TPSA) is 88.8 Å². The van der Waals surface area contributed by atoms with Crippen LogP contribution in [0, 0.1) is 0 Å². The van der Waals surface area contributed by atoms with Gasteiger partial charge in [-0.05, 0) is 30.3 Å². The van der Waals surface area contributed by atoms with Gasteiger partial charge in [-0.1, -0.05) is 0 Å². The Morgan fingerprint density at radius 3 is 2.78 bits per heavy atom. The normalized spacial score (nSPS) is 19.7. The number of aliphatic imine (C=N–C) groups is 1. The van der Waals surface area contributed by atoms with Crippen molar-refractivity contribution in [2.24, 2.45) is 15.8 Å². The number of rotatable bonds is 2. The molecule has 1 aromatic carbocycles. The first kappa shape index (κ1) is 13.8. The number of anilines is 1. The van der Waals surface area contributed by atoms with Crippen molar-refractivity contribution in [1.29, 1.82) is 0 Å². The molecule has 1 atom stereocenters. The minimum absolute atomic E-state index is 0.385. The van der Waals surface area contributed by atoms with Gasteiger partial charge in [0.25, 0.3) is 5.96 Å². The van der Waals surface area contributed by atoms with E-state index in [1.54, 1.807) is 19.6 Å². The van der Waals surface area contributed by atoms with E-state index in [4.69, 9.17) is 19.7 Å². The molecule has 0 aliphatic carbocycles. The molecule has 0 spiro atoms. The number of ether oxygens (including phenoxy) is 1. The third-order valence-corrected chi connectivity index (χ3v) is 3.67. The summed E-state index contributed by atoms with van der Waals surface area (Å²) in [7, 11) is 1.62. The second-order valence-electron chi connectivity index (χ2n) is 4.97. The first-order valence-electron chi connectivity index (χ1n) is 7.08. The number of fused-ring (bicyclic) bond motifs is 1. The molecule has 0 fully saturated rings. The number of furan rings is 1. The Hall–Kier alpha value is -2.84. The highest BCUT2D eigenvalue weighted by Crippen LogP contribution is 2.37. The van der Waals surface area contributed by atoms with E-state index in [2.05, 4.69) is 10.1 Å². The van der Waals surface area contributed by atoms with Gasteiger partial charge in [-0.3, -0.25) is 4.90 Å². The zero-order chi connectivity index (χ0) is 15.8. The summed E-state index contributed by atoms with van der Waals surface area (Å²) in [6, 6.07) is 9.33. The van der Waals surface area contributed by atoms with E-state index in [0.717, 1.165) is 17.0 Å². The molecule has 23 heavy (non-hydrogen) atoms. The minimum atomic E-state index is -0.468. The van der Waals surface area contributed by atoms with Crippen LogP contribution in [0.15, 0.2) is 51.1 Å². The molecule has 4 rings (SSSR count). The Labute approximate surface area is 132 Å². The Balaban J connectivity index is 1.79. The molecule has 8 nitrogen and oxygen atoms in total. The minimum Gasteiger partial charge on any atom is -0.497 e. The summed E-state index contributed by atoms with van der Waals surface area (Å²) in [5.41, 5.74) is 8.06. The van der Waals surface area contributed by atoms with Gasteiger partial charge in [0.05, 0.1) is 25.2 Å². The highest BCUT2D eigenvalue weighted by atomic mass is 16.7. The molecule has 0 radical (unpaired) electrons. The van der Waals surface area contributed by atoms with Crippen LogP contribution in [0.4, 0.5) is 11.6 Å². The number of methoxy groups -OCH3 is 1. The second-order valence-corrected chi connectivity index (χ2v) is 4.97. The van der Waals surface area contributed by atoms with E-state index < -0.39 is 6.17 Å². The number of hydrazone groups is 1. The zero-order valence-corrected chi connectivity index (χ0v) is 12.4. The van der Waals surface area contributed by atoms with Crippen molar-refractivity contribution in [1.82, 2.24) is 5.17 Å². The average molecular weight is 313 g/mol. The number of hydrogen-bond acceptors (Lipinski definition) is 8. The molecule has 1 aromatic heterocycles. The predicted molar refractivity (Wildman–Crippen MR) is 84.5 cm³/mol. The van der Waals surface area contributed by atoms with Gasteiger partial charge in [-0.2, -0.15) is 10.1 Å². The Morgan fingerprint density at radius 1 is 1.26 bits per heavy atom. The highest BCUT2D eigenvalue weighted by molar-refractivity contribution is 5.99. The maximum absolute atomic E-state index is 6.42. The lowest BCUT2D eigenvalue weighted by molar-refractivity contribution is -0.0613. The molecule has 0 bridgehead atoms. The van der Waals surface area contributed by atoms with E-state index in [0.29, 0.717) is 18.5 Å². The summed E-state index contributed by atoms with van der Waals surface area (Å²) in [6.45, 7) is 0.385. The molecule has 0 amide bonds. The number of hydrogen-bond donors (Lipinski definition) is 1. The summed E-state index contributed by atoms with van der Waals surface area (Å²) < 4.78 is 10.6. The van der Waals surface area contributed by atoms with Crippen molar-refractivity contribution in [2.75, 3.05) is 18.6 Å². The van der Waals surface area contributed by atoms with Gasteiger partial charge in [-0.15, -0.1) is 5.17 Å². The fourth-order valence-electron chi connectivity index (χ4n) is 2.54. The molecule has 0 saturated carbocycles. The largest absolute Gasteiger partial charge is 0.497 e. The average Bonchev–Trinajstić information content (AvgIpc) is 3.26. The molecule has 0 saturated heterocycles. The fraction of sp³-hybridized carbons (Fsp3) is 0.200. The first-order valence-corrected chi connectivity index (χ1v) is 7.08. The molecule has 1 unspecified atom stereocenters. The van der Waals surface area contributed by atoms with Gasteiger partial charge in [0, 0.05) is 5.69 Å². The Kier molecular flexibility index (Phi) is 3.25.